The Balaban J connectivity index is 4.28. The highest BCUT2D eigenvalue weighted by atomic mass is 32.2. The van der Waals surface area contributed by atoms with Gasteiger partial charge in [0.15, 0.2) is 9.84 Å². The summed E-state index contributed by atoms with van der Waals surface area (Å²) >= 11 is 0. The van der Waals surface area contributed by atoms with Crippen LogP contribution in [0.4, 0.5) is 0 Å². The average molecular weight is 237 g/mol. The number of carboxylic acid groups (broad SMARTS) is 1. The second kappa shape index (κ2) is 6.07. The first-order valence-electron chi connectivity index (χ1n) is 4.95. The van der Waals surface area contributed by atoms with Crippen LogP contribution >= 0.6 is 0 Å². The van der Waals surface area contributed by atoms with Gasteiger partial charge in [0.25, 0.3) is 0 Å². The van der Waals surface area contributed by atoms with Crippen molar-refractivity contribution in [2.45, 2.75) is 31.9 Å². The Labute approximate surface area is 90.6 Å². The van der Waals surface area contributed by atoms with Gasteiger partial charge in [0.2, 0.25) is 0 Å². The van der Waals surface area contributed by atoms with E-state index >= 15 is 0 Å². The third-order valence-corrected chi connectivity index (χ3v) is 4.57. The van der Waals surface area contributed by atoms with Gasteiger partial charge in [0.1, 0.15) is 0 Å². The minimum absolute atomic E-state index is 0.0817. The quantitative estimate of drug-likeness (QED) is 0.661. The largest absolute Gasteiger partial charge is 0.481 e. The van der Waals surface area contributed by atoms with Crippen molar-refractivity contribution in [1.82, 2.24) is 0 Å². The van der Waals surface area contributed by atoms with Crippen LogP contribution in [0.2, 0.25) is 0 Å². The van der Waals surface area contributed by atoms with Crippen molar-refractivity contribution in [2.75, 3.05) is 12.3 Å². The fraction of sp³-hybridized carbons (Fsp3) is 0.889. The van der Waals surface area contributed by atoms with Crippen molar-refractivity contribution in [3.05, 3.63) is 0 Å². The van der Waals surface area contributed by atoms with Gasteiger partial charge in [-0.3, -0.25) is 4.79 Å². The van der Waals surface area contributed by atoms with E-state index in [0.717, 1.165) is 0 Å². The summed E-state index contributed by atoms with van der Waals surface area (Å²) < 4.78 is 22.9. The number of sulfone groups is 1. The maximum Gasteiger partial charge on any atom is 0.306 e. The standard InChI is InChI=1S/C9H19NO4S/c1-7(2)15(13,14)6-4-8(3-5-10)9(11)12/h7-8H,3-6,10H2,1-2H3,(H,11,12). The molecule has 5 nitrogen and oxygen atoms in total. The average Bonchev–Trinajstić information content (AvgIpc) is 2.11. The van der Waals surface area contributed by atoms with Gasteiger partial charge < -0.3 is 10.8 Å². The first-order chi connectivity index (χ1) is 6.81. The smallest absolute Gasteiger partial charge is 0.306 e. The Hall–Kier alpha value is -0.620. The van der Waals surface area contributed by atoms with Gasteiger partial charge in [-0.1, -0.05) is 0 Å². The highest BCUT2D eigenvalue weighted by Gasteiger charge is 2.22. The minimum Gasteiger partial charge on any atom is -0.481 e. The lowest BCUT2D eigenvalue weighted by Crippen LogP contribution is -2.24. The molecule has 0 saturated carbocycles. The zero-order valence-electron chi connectivity index (χ0n) is 9.14. The molecule has 90 valence electrons. The van der Waals surface area contributed by atoms with E-state index in [0.29, 0.717) is 6.42 Å². The number of rotatable bonds is 7. The van der Waals surface area contributed by atoms with Crippen LogP contribution in [0.5, 0.6) is 0 Å². The summed E-state index contributed by atoms with van der Waals surface area (Å²) in [6, 6.07) is 0. The Kier molecular flexibility index (Phi) is 5.82. The predicted octanol–water partition coefficient (Wildman–Crippen LogP) is 0.249. The second-order valence-electron chi connectivity index (χ2n) is 3.82. The molecule has 0 rings (SSSR count). The van der Waals surface area contributed by atoms with Gasteiger partial charge in [-0.25, -0.2) is 8.42 Å². The lowest BCUT2D eigenvalue weighted by atomic mass is 10.0. The van der Waals surface area contributed by atoms with E-state index in [1.807, 2.05) is 0 Å². The molecule has 1 unspecified atom stereocenters. The highest BCUT2D eigenvalue weighted by molar-refractivity contribution is 7.91. The first kappa shape index (κ1) is 14.4. The molecular formula is C9H19NO4S. The number of hydrogen-bond donors (Lipinski definition) is 2. The summed E-state index contributed by atoms with van der Waals surface area (Å²) in [5.41, 5.74) is 5.25. The van der Waals surface area contributed by atoms with Gasteiger partial charge in [0.05, 0.1) is 16.9 Å². The summed E-state index contributed by atoms with van der Waals surface area (Å²) in [6.07, 6.45) is 0.468. The van der Waals surface area contributed by atoms with E-state index in [1.54, 1.807) is 13.8 Å². The first-order valence-corrected chi connectivity index (χ1v) is 6.67. The summed E-state index contributed by atoms with van der Waals surface area (Å²) in [6.45, 7) is 3.45. The Morgan fingerprint density at radius 2 is 1.87 bits per heavy atom. The molecule has 0 spiro atoms. The van der Waals surface area contributed by atoms with Crippen LogP contribution in [0, 0.1) is 5.92 Å². The molecule has 0 aliphatic rings. The Morgan fingerprint density at radius 3 is 2.20 bits per heavy atom. The number of hydrogen-bond acceptors (Lipinski definition) is 4. The number of nitrogens with two attached hydrogens (primary N) is 1. The van der Waals surface area contributed by atoms with E-state index in [9.17, 15) is 13.2 Å². The molecule has 0 saturated heterocycles. The maximum atomic E-state index is 11.4. The summed E-state index contributed by atoms with van der Waals surface area (Å²) in [5.74, 6) is -1.70. The fourth-order valence-electron chi connectivity index (χ4n) is 1.13. The molecule has 15 heavy (non-hydrogen) atoms. The Morgan fingerprint density at radius 1 is 1.33 bits per heavy atom. The monoisotopic (exact) mass is 237 g/mol. The van der Waals surface area contributed by atoms with E-state index in [2.05, 4.69) is 0 Å². The van der Waals surface area contributed by atoms with Gasteiger partial charge >= 0.3 is 5.97 Å². The molecule has 0 bridgehead atoms. The Bertz CT molecular complexity index is 297. The topological polar surface area (TPSA) is 97.5 Å². The molecule has 0 aromatic rings. The van der Waals surface area contributed by atoms with E-state index in [-0.39, 0.29) is 18.7 Å². The van der Waals surface area contributed by atoms with Crippen molar-refractivity contribution >= 4 is 15.8 Å². The van der Waals surface area contributed by atoms with E-state index < -0.39 is 27.0 Å². The molecule has 0 aliphatic heterocycles. The third kappa shape index (κ3) is 5.13. The summed E-state index contributed by atoms with van der Waals surface area (Å²) in [5, 5.41) is 8.34. The minimum atomic E-state index is -3.15. The SMILES string of the molecule is CC(C)S(=O)(=O)CCC(CCN)C(=O)O. The van der Waals surface area contributed by atoms with Crippen molar-refractivity contribution in [1.29, 1.82) is 0 Å². The van der Waals surface area contributed by atoms with E-state index in [4.69, 9.17) is 10.8 Å². The normalized spacial score (nSPS) is 14.1. The molecule has 1 atom stereocenters. The van der Waals surface area contributed by atoms with Gasteiger partial charge in [-0.2, -0.15) is 0 Å². The van der Waals surface area contributed by atoms with Crippen LogP contribution in [-0.2, 0) is 14.6 Å². The number of carboxylic acids is 1. The number of carbonyl (C=O) groups is 1. The molecule has 0 heterocycles. The van der Waals surface area contributed by atoms with Crippen LogP contribution in [0.25, 0.3) is 0 Å². The van der Waals surface area contributed by atoms with Crippen LogP contribution < -0.4 is 5.73 Å². The predicted molar refractivity (Wildman–Crippen MR) is 58.3 cm³/mol. The molecule has 0 fully saturated rings. The lowest BCUT2D eigenvalue weighted by Gasteiger charge is -2.12. The van der Waals surface area contributed by atoms with Crippen LogP contribution in [0.1, 0.15) is 26.7 Å². The molecular weight excluding hydrogens is 218 g/mol. The van der Waals surface area contributed by atoms with Gasteiger partial charge in [-0.15, -0.1) is 0 Å². The van der Waals surface area contributed by atoms with Gasteiger partial charge in [-0.05, 0) is 33.2 Å². The van der Waals surface area contributed by atoms with Crippen molar-refractivity contribution in [2.24, 2.45) is 11.7 Å². The zero-order chi connectivity index (χ0) is 12.1. The van der Waals surface area contributed by atoms with Crippen LogP contribution in [0.15, 0.2) is 0 Å². The highest BCUT2D eigenvalue weighted by Crippen LogP contribution is 2.12. The molecule has 0 amide bonds. The maximum absolute atomic E-state index is 11.4. The second-order valence-corrected chi connectivity index (χ2v) is 6.49. The zero-order valence-corrected chi connectivity index (χ0v) is 9.96. The van der Waals surface area contributed by atoms with Gasteiger partial charge in [0, 0.05) is 0 Å². The van der Waals surface area contributed by atoms with Crippen molar-refractivity contribution < 1.29 is 18.3 Å². The fourth-order valence-corrected chi connectivity index (χ4v) is 2.22. The summed E-state index contributed by atoms with van der Waals surface area (Å²) in [4.78, 5) is 10.7. The van der Waals surface area contributed by atoms with Crippen molar-refractivity contribution in [3.63, 3.8) is 0 Å². The molecule has 0 aromatic heterocycles. The molecule has 0 aromatic carbocycles. The lowest BCUT2D eigenvalue weighted by molar-refractivity contribution is -0.141. The van der Waals surface area contributed by atoms with Crippen LogP contribution in [-0.4, -0.2) is 37.0 Å². The van der Waals surface area contributed by atoms with Crippen molar-refractivity contribution in [3.8, 4) is 0 Å². The molecule has 3 N–H and O–H groups in total. The summed E-state index contributed by atoms with van der Waals surface area (Å²) in [7, 11) is -3.15. The molecule has 0 radical (unpaired) electrons. The van der Waals surface area contributed by atoms with Crippen LogP contribution in [0.3, 0.4) is 0 Å². The van der Waals surface area contributed by atoms with E-state index in [1.165, 1.54) is 0 Å². The number of aliphatic carboxylic acids is 1. The third-order valence-electron chi connectivity index (χ3n) is 2.33. The molecule has 0 aliphatic carbocycles. The molecule has 6 heteroatoms.